The smallest absolute Gasteiger partial charge is 0.258 e. The summed E-state index contributed by atoms with van der Waals surface area (Å²) in [6.45, 7) is 2.36. The number of anilines is 1. The summed E-state index contributed by atoms with van der Waals surface area (Å²) in [5.41, 5.74) is 1.98. The molecule has 0 spiro atoms. The van der Waals surface area contributed by atoms with Gasteiger partial charge < -0.3 is 14.5 Å². The number of hydrogen-bond donors (Lipinski definition) is 0. The highest BCUT2D eigenvalue weighted by Crippen LogP contribution is 2.16. The number of ether oxygens (including phenoxy) is 1. The maximum atomic E-state index is 12.5. The molecule has 124 valence electrons. The molecule has 24 heavy (non-hydrogen) atoms. The van der Waals surface area contributed by atoms with Crippen LogP contribution in [0.4, 0.5) is 5.69 Å². The van der Waals surface area contributed by atoms with Crippen LogP contribution in [0.3, 0.4) is 0 Å². The van der Waals surface area contributed by atoms with E-state index in [1.807, 2.05) is 30.3 Å². The van der Waals surface area contributed by atoms with Gasteiger partial charge in [0.25, 0.3) is 11.8 Å². The predicted octanol–water partition coefficient (Wildman–Crippen LogP) is 2.44. The number of hydrogen-bond acceptors (Lipinski definition) is 3. The standard InChI is InChI=1S/C19H20N2O3/c1-20(17-5-3-2-4-6-17)18(22)15-7-9-16(10-8-15)19(23)21-11-13-24-14-12-21/h2-10H,11-14H2,1H3. The molecule has 2 aromatic carbocycles. The fourth-order valence-corrected chi connectivity index (χ4v) is 2.67. The molecule has 0 N–H and O–H groups in total. The summed E-state index contributed by atoms with van der Waals surface area (Å²) in [6.07, 6.45) is 0. The SMILES string of the molecule is CN(C(=O)c1ccc(C(=O)N2CCOCC2)cc1)c1ccccc1. The highest BCUT2D eigenvalue weighted by Gasteiger charge is 2.19. The molecule has 0 aliphatic carbocycles. The first kappa shape index (κ1) is 16.2. The van der Waals surface area contributed by atoms with Gasteiger partial charge in [-0.25, -0.2) is 0 Å². The Morgan fingerprint density at radius 2 is 1.50 bits per heavy atom. The molecule has 3 rings (SSSR count). The van der Waals surface area contributed by atoms with E-state index in [1.165, 1.54) is 0 Å². The van der Waals surface area contributed by atoms with Crippen molar-refractivity contribution in [3.8, 4) is 0 Å². The van der Waals surface area contributed by atoms with E-state index in [1.54, 1.807) is 41.1 Å². The summed E-state index contributed by atoms with van der Waals surface area (Å²) < 4.78 is 5.26. The molecule has 1 aliphatic rings. The third-order valence-electron chi connectivity index (χ3n) is 4.13. The van der Waals surface area contributed by atoms with Crippen LogP contribution >= 0.6 is 0 Å². The topological polar surface area (TPSA) is 49.9 Å². The third kappa shape index (κ3) is 3.46. The molecule has 0 atom stereocenters. The minimum atomic E-state index is -0.105. The lowest BCUT2D eigenvalue weighted by Gasteiger charge is -2.27. The van der Waals surface area contributed by atoms with Crippen molar-refractivity contribution in [3.05, 3.63) is 65.7 Å². The molecule has 2 amide bonds. The fraction of sp³-hybridized carbons (Fsp3) is 0.263. The Morgan fingerprint density at radius 1 is 0.917 bits per heavy atom. The van der Waals surface area contributed by atoms with E-state index in [9.17, 15) is 9.59 Å². The molecule has 0 aromatic heterocycles. The predicted molar refractivity (Wildman–Crippen MR) is 92.3 cm³/mol. The largest absolute Gasteiger partial charge is 0.378 e. The lowest BCUT2D eigenvalue weighted by Crippen LogP contribution is -2.40. The van der Waals surface area contributed by atoms with Crippen molar-refractivity contribution in [2.24, 2.45) is 0 Å². The quantitative estimate of drug-likeness (QED) is 0.871. The van der Waals surface area contributed by atoms with E-state index < -0.39 is 0 Å². The average Bonchev–Trinajstić information content (AvgIpc) is 2.68. The van der Waals surface area contributed by atoms with Gasteiger partial charge >= 0.3 is 0 Å². The number of carbonyl (C=O) groups excluding carboxylic acids is 2. The van der Waals surface area contributed by atoms with Crippen molar-refractivity contribution in [1.29, 1.82) is 0 Å². The van der Waals surface area contributed by atoms with E-state index in [4.69, 9.17) is 4.74 Å². The Morgan fingerprint density at radius 3 is 2.12 bits per heavy atom. The molecular weight excluding hydrogens is 304 g/mol. The van der Waals surface area contributed by atoms with Crippen LogP contribution in [0.5, 0.6) is 0 Å². The number of carbonyl (C=O) groups is 2. The summed E-state index contributed by atoms with van der Waals surface area (Å²) in [5, 5.41) is 0. The van der Waals surface area contributed by atoms with E-state index in [2.05, 4.69) is 0 Å². The van der Waals surface area contributed by atoms with Crippen LogP contribution in [0.25, 0.3) is 0 Å². The van der Waals surface area contributed by atoms with Crippen LogP contribution in [-0.4, -0.2) is 50.1 Å². The molecule has 0 radical (unpaired) electrons. The Bertz CT molecular complexity index is 707. The third-order valence-corrected chi connectivity index (χ3v) is 4.13. The Balaban J connectivity index is 1.72. The Kier molecular flexibility index (Phi) is 4.91. The fourth-order valence-electron chi connectivity index (χ4n) is 2.67. The zero-order chi connectivity index (χ0) is 16.9. The molecule has 1 aliphatic heterocycles. The lowest BCUT2D eigenvalue weighted by molar-refractivity contribution is 0.0303. The Hall–Kier alpha value is -2.66. The number of nitrogens with zero attached hydrogens (tertiary/aromatic N) is 2. The average molecular weight is 324 g/mol. The van der Waals surface area contributed by atoms with Gasteiger partial charge in [-0.1, -0.05) is 18.2 Å². The van der Waals surface area contributed by atoms with Gasteiger partial charge in [0, 0.05) is 37.0 Å². The molecule has 1 fully saturated rings. The summed E-state index contributed by atoms with van der Waals surface area (Å²) in [5.74, 6) is -0.125. The molecule has 0 bridgehead atoms. The van der Waals surface area contributed by atoms with Crippen LogP contribution < -0.4 is 4.90 Å². The van der Waals surface area contributed by atoms with Crippen LogP contribution in [0.15, 0.2) is 54.6 Å². The molecule has 5 heteroatoms. The highest BCUT2D eigenvalue weighted by atomic mass is 16.5. The minimum Gasteiger partial charge on any atom is -0.378 e. The van der Waals surface area contributed by atoms with Gasteiger partial charge in [-0.05, 0) is 36.4 Å². The van der Waals surface area contributed by atoms with Crippen molar-refractivity contribution in [2.75, 3.05) is 38.3 Å². The normalized spacial score (nSPS) is 14.3. The van der Waals surface area contributed by atoms with Gasteiger partial charge in [0.1, 0.15) is 0 Å². The van der Waals surface area contributed by atoms with Crippen molar-refractivity contribution < 1.29 is 14.3 Å². The second kappa shape index (κ2) is 7.27. The first-order chi connectivity index (χ1) is 11.7. The summed E-state index contributed by atoms with van der Waals surface area (Å²) >= 11 is 0. The second-order valence-corrected chi connectivity index (χ2v) is 5.68. The van der Waals surface area contributed by atoms with Crippen LogP contribution in [0.2, 0.25) is 0 Å². The van der Waals surface area contributed by atoms with Crippen molar-refractivity contribution in [1.82, 2.24) is 4.90 Å². The van der Waals surface area contributed by atoms with Gasteiger partial charge in [0.2, 0.25) is 0 Å². The van der Waals surface area contributed by atoms with Crippen LogP contribution in [0.1, 0.15) is 20.7 Å². The van der Waals surface area contributed by atoms with Gasteiger partial charge in [0.05, 0.1) is 13.2 Å². The maximum absolute atomic E-state index is 12.5. The van der Waals surface area contributed by atoms with E-state index >= 15 is 0 Å². The van der Waals surface area contributed by atoms with Crippen LogP contribution in [0, 0.1) is 0 Å². The number of amides is 2. The monoisotopic (exact) mass is 324 g/mol. The number of rotatable bonds is 3. The number of benzene rings is 2. The molecule has 1 heterocycles. The number of morpholine rings is 1. The Labute approximate surface area is 141 Å². The van der Waals surface area contributed by atoms with Crippen LogP contribution in [-0.2, 0) is 4.74 Å². The summed E-state index contributed by atoms with van der Waals surface area (Å²) in [7, 11) is 1.74. The molecular formula is C19H20N2O3. The molecule has 0 saturated carbocycles. The molecule has 2 aromatic rings. The second-order valence-electron chi connectivity index (χ2n) is 5.68. The summed E-state index contributed by atoms with van der Waals surface area (Å²) in [6, 6.07) is 16.3. The van der Waals surface area contributed by atoms with Gasteiger partial charge in [0.15, 0.2) is 0 Å². The van der Waals surface area contributed by atoms with Crippen molar-refractivity contribution in [2.45, 2.75) is 0 Å². The highest BCUT2D eigenvalue weighted by molar-refractivity contribution is 6.06. The van der Waals surface area contributed by atoms with Gasteiger partial charge in [-0.15, -0.1) is 0 Å². The van der Waals surface area contributed by atoms with E-state index in [0.29, 0.717) is 37.4 Å². The minimum absolute atomic E-state index is 0.0197. The lowest BCUT2D eigenvalue weighted by atomic mass is 10.1. The summed E-state index contributed by atoms with van der Waals surface area (Å²) in [4.78, 5) is 28.3. The molecule has 1 saturated heterocycles. The van der Waals surface area contributed by atoms with Crippen molar-refractivity contribution in [3.63, 3.8) is 0 Å². The van der Waals surface area contributed by atoms with Gasteiger partial charge in [-0.3, -0.25) is 9.59 Å². The molecule has 5 nitrogen and oxygen atoms in total. The molecule has 0 unspecified atom stereocenters. The zero-order valence-corrected chi connectivity index (χ0v) is 13.6. The number of para-hydroxylation sites is 1. The van der Waals surface area contributed by atoms with E-state index in [-0.39, 0.29) is 11.8 Å². The zero-order valence-electron chi connectivity index (χ0n) is 13.6. The first-order valence-electron chi connectivity index (χ1n) is 7.97. The van der Waals surface area contributed by atoms with Gasteiger partial charge in [-0.2, -0.15) is 0 Å². The first-order valence-corrected chi connectivity index (χ1v) is 7.97. The van der Waals surface area contributed by atoms with E-state index in [0.717, 1.165) is 5.69 Å². The maximum Gasteiger partial charge on any atom is 0.258 e. The van der Waals surface area contributed by atoms with Crippen molar-refractivity contribution >= 4 is 17.5 Å².